The first-order valence-electron chi connectivity index (χ1n) is 5.55. The molecule has 1 aromatic rings. The monoisotopic (exact) mass is 297 g/mol. The molecule has 0 amide bonds. The highest BCUT2D eigenvalue weighted by atomic mass is 79.9. The standard InChI is InChI=1S/C12H16BrN3O/c1-4-6-9(3)15-10-8-14-16(7-5-2)12(17)11(10)13/h1,8-9,15H,5-7H2,2-3H3. The summed E-state index contributed by atoms with van der Waals surface area (Å²) in [5.74, 6) is 2.57. The van der Waals surface area contributed by atoms with Crippen molar-refractivity contribution < 1.29 is 0 Å². The highest BCUT2D eigenvalue weighted by molar-refractivity contribution is 9.10. The summed E-state index contributed by atoms with van der Waals surface area (Å²) >= 11 is 3.29. The van der Waals surface area contributed by atoms with E-state index in [1.54, 1.807) is 6.20 Å². The maximum atomic E-state index is 11.9. The molecule has 0 bridgehead atoms. The molecule has 0 saturated carbocycles. The lowest BCUT2D eigenvalue weighted by Gasteiger charge is -2.14. The third-order valence-corrected chi connectivity index (χ3v) is 3.01. The zero-order valence-electron chi connectivity index (χ0n) is 10.0. The molecule has 1 rings (SSSR count). The van der Waals surface area contributed by atoms with Crippen LogP contribution in [0.2, 0.25) is 0 Å². The molecule has 0 radical (unpaired) electrons. The number of aromatic nitrogens is 2. The first-order valence-corrected chi connectivity index (χ1v) is 6.35. The van der Waals surface area contributed by atoms with Crippen molar-refractivity contribution in [2.24, 2.45) is 0 Å². The van der Waals surface area contributed by atoms with E-state index in [1.807, 2.05) is 13.8 Å². The molecule has 1 N–H and O–H groups in total. The molecule has 0 aliphatic heterocycles. The molecule has 0 aliphatic rings. The van der Waals surface area contributed by atoms with E-state index >= 15 is 0 Å². The fourth-order valence-electron chi connectivity index (χ4n) is 1.43. The number of hydrogen-bond acceptors (Lipinski definition) is 3. The molecule has 1 heterocycles. The van der Waals surface area contributed by atoms with Crippen molar-refractivity contribution in [1.82, 2.24) is 9.78 Å². The average Bonchev–Trinajstić information content (AvgIpc) is 2.29. The molecule has 17 heavy (non-hydrogen) atoms. The predicted molar refractivity (Wildman–Crippen MR) is 73.0 cm³/mol. The zero-order chi connectivity index (χ0) is 12.8. The summed E-state index contributed by atoms with van der Waals surface area (Å²) in [6.45, 7) is 4.59. The van der Waals surface area contributed by atoms with E-state index in [9.17, 15) is 4.79 Å². The summed E-state index contributed by atoms with van der Waals surface area (Å²) in [7, 11) is 0. The largest absolute Gasteiger partial charge is 0.379 e. The molecule has 0 aromatic carbocycles. The van der Waals surface area contributed by atoms with Crippen molar-refractivity contribution in [2.45, 2.75) is 39.3 Å². The minimum Gasteiger partial charge on any atom is -0.379 e. The van der Waals surface area contributed by atoms with E-state index in [4.69, 9.17) is 6.42 Å². The number of anilines is 1. The van der Waals surface area contributed by atoms with Crippen LogP contribution in [-0.4, -0.2) is 15.8 Å². The first kappa shape index (κ1) is 13.8. The van der Waals surface area contributed by atoms with Crippen LogP contribution in [0.4, 0.5) is 5.69 Å². The lowest BCUT2D eigenvalue weighted by atomic mass is 10.2. The SMILES string of the molecule is C#CCC(C)Nc1cnn(CCC)c(=O)c1Br. The minimum atomic E-state index is -0.121. The molecule has 0 saturated heterocycles. The van der Waals surface area contributed by atoms with E-state index in [0.717, 1.165) is 6.42 Å². The van der Waals surface area contributed by atoms with Gasteiger partial charge >= 0.3 is 0 Å². The molecule has 4 nitrogen and oxygen atoms in total. The third-order valence-electron chi connectivity index (χ3n) is 2.25. The molecule has 0 spiro atoms. The van der Waals surface area contributed by atoms with Crippen molar-refractivity contribution in [3.8, 4) is 12.3 Å². The van der Waals surface area contributed by atoms with Crippen molar-refractivity contribution >= 4 is 21.6 Å². The highest BCUT2D eigenvalue weighted by Crippen LogP contribution is 2.17. The van der Waals surface area contributed by atoms with Crippen LogP contribution in [0.5, 0.6) is 0 Å². The summed E-state index contributed by atoms with van der Waals surface area (Å²) in [6.07, 6.45) is 8.35. The van der Waals surface area contributed by atoms with Crippen LogP contribution in [0.15, 0.2) is 15.5 Å². The van der Waals surface area contributed by atoms with Gasteiger partial charge < -0.3 is 5.32 Å². The van der Waals surface area contributed by atoms with Gasteiger partial charge in [0.15, 0.2) is 0 Å². The van der Waals surface area contributed by atoms with Gasteiger partial charge in [0.2, 0.25) is 0 Å². The Morgan fingerprint density at radius 1 is 1.71 bits per heavy atom. The second-order valence-corrected chi connectivity index (χ2v) is 4.65. The van der Waals surface area contributed by atoms with Crippen molar-refractivity contribution in [1.29, 1.82) is 0 Å². The molecule has 0 aliphatic carbocycles. The smallest absolute Gasteiger partial charge is 0.283 e. The Morgan fingerprint density at radius 3 is 3.00 bits per heavy atom. The van der Waals surface area contributed by atoms with Gasteiger partial charge in [-0.25, -0.2) is 4.68 Å². The van der Waals surface area contributed by atoms with Crippen molar-refractivity contribution in [2.75, 3.05) is 5.32 Å². The summed E-state index contributed by atoms with van der Waals surface area (Å²) in [5.41, 5.74) is 0.565. The quantitative estimate of drug-likeness (QED) is 0.848. The molecule has 0 fully saturated rings. The summed E-state index contributed by atoms with van der Waals surface area (Å²) in [4.78, 5) is 11.9. The number of nitrogens with one attached hydrogen (secondary N) is 1. The fourth-order valence-corrected chi connectivity index (χ4v) is 1.85. The van der Waals surface area contributed by atoms with E-state index < -0.39 is 0 Å². The molecule has 5 heteroatoms. The first-order chi connectivity index (χ1) is 8.10. The molecule has 1 atom stereocenters. The van der Waals surface area contributed by atoms with E-state index in [-0.39, 0.29) is 11.6 Å². The van der Waals surface area contributed by atoms with Gasteiger partial charge in [-0.15, -0.1) is 12.3 Å². The second-order valence-electron chi connectivity index (χ2n) is 3.85. The van der Waals surface area contributed by atoms with Crippen molar-refractivity contribution in [3.05, 3.63) is 21.0 Å². The Bertz CT molecular complexity index is 476. The van der Waals surface area contributed by atoms with Crippen LogP contribution in [0.25, 0.3) is 0 Å². The minimum absolute atomic E-state index is 0.111. The molecular weight excluding hydrogens is 282 g/mol. The summed E-state index contributed by atoms with van der Waals surface area (Å²) in [6, 6.07) is 0.111. The summed E-state index contributed by atoms with van der Waals surface area (Å²) in [5, 5.41) is 7.26. The van der Waals surface area contributed by atoms with E-state index in [2.05, 4.69) is 32.3 Å². The Balaban J connectivity index is 2.93. The van der Waals surface area contributed by atoms with E-state index in [1.165, 1.54) is 4.68 Å². The maximum absolute atomic E-state index is 11.9. The normalized spacial score (nSPS) is 11.9. The second kappa shape index (κ2) is 6.45. The number of hydrogen-bond donors (Lipinski definition) is 1. The van der Waals surface area contributed by atoms with Crippen LogP contribution in [0.1, 0.15) is 26.7 Å². The van der Waals surface area contributed by atoms with Gasteiger partial charge in [0.1, 0.15) is 4.47 Å². The topological polar surface area (TPSA) is 46.9 Å². The third kappa shape index (κ3) is 3.60. The van der Waals surface area contributed by atoms with Gasteiger partial charge in [0.05, 0.1) is 11.9 Å². The number of nitrogens with zero attached hydrogens (tertiary/aromatic N) is 2. The Morgan fingerprint density at radius 2 is 2.41 bits per heavy atom. The number of terminal acetylenes is 1. The van der Waals surface area contributed by atoms with Gasteiger partial charge in [-0.1, -0.05) is 6.92 Å². The molecular formula is C12H16BrN3O. The van der Waals surface area contributed by atoms with Crippen LogP contribution in [0.3, 0.4) is 0 Å². The van der Waals surface area contributed by atoms with Crippen molar-refractivity contribution in [3.63, 3.8) is 0 Å². The van der Waals surface area contributed by atoms with Crippen LogP contribution in [0, 0.1) is 12.3 Å². The summed E-state index contributed by atoms with van der Waals surface area (Å²) < 4.78 is 1.95. The molecule has 92 valence electrons. The maximum Gasteiger partial charge on any atom is 0.283 e. The highest BCUT2D eigenvalue weighted by Gasteiger charge is 2.10. The molecule has 1 unspecified atom stereocenters. The van der Waals surface area contributed by atoms with Gasteiger partial charge in [-0.3, -0.25) is 4.79 Å². The number of aryl methyl sites for hydroxylation is 1. The van der Waals surface area contributed by atoms with Crippen LogP contribution in [-0.2, 0) is 6.54 Å². The van der Waals surface area contributed by atoms with Gasteiger partial charge in [-0.05, 0) is 29.3 Å². The van der Waals surface area contributed by atoms with Gasteiger partial charge in [0.25, 0.3) is 5.56 Å². The van der Waals surface area contributed by atoms with E-state index in [0.29, 0.717) is 23.1 Å². The Kier molecular flexibility index (Phi) is 5.23. The lowest BCUT2D eigenvalue weighted by Crippen LogP contribution is -2.26. The van der Waals surface area contributed by atoms with Crippen LogP contribution >= 0.6 is 15.9 Å². The average molecular weight is 298 g/mol. The molecule has 1 aromatic heterocycles. The van der Waals surface area contributed by atoms with Gasteiger partial charge in [0, 0.05) is 19.0 Å². The zero-order valence-corrected chi connectivity index (χ0v) is 11.6. The lowest BCUT2D eigenvalue weighted by molar-refractivity contribution is 0.565. The predicted octanol–water partition coefficient (Wildman–Crippen LogP) is 2.24. The number of halogens is 1. The number of rotatable bonds is 5. The Labute approximate surface area is 110 Å². The Hall–Kier alpha value is -1.28. The van der Waals surface area contributed by atoms with Gasteiger partial charge in [-0.2, -0.15) is 5.10 Å². The fraction of sp³-hybridized carbons (Fsp3) is 0.500. The van der Waals surface area contributed by atoms with Crippen LogP contribution < -0.4 is 10.9 Å².